The third-order valence-corrected chi connectivity index (χ3v) is 7.66. The first kappa shape index (κ1) is 27.2. The lowest BCUT2D eigenvalue weighted by Crippen LogP contribution is -2.52. The molecule has 0 aliphatic heterocycles. The lowest BCUT2D eigenvalue weighted by molar-refractivity contribution is -0.139. The summed E-state index contributed by atoms with van der Waals surface area (Å²) in [5.74, 6) is -1.37. The molecule has 0 saturated heterocycles. The van der Waals surface area contributed by atoms with E-state index in [2.05, 4.69) is 5.32 Å². The Kier molecular flexibility index (Phi) is 9.01. The molecule has 190 valence electrons. The summed E-state index contributed by atoms with van der Waals surface area (Å²) in [6, 6.07) is 8.98. The Bertz CT molecular complexity index is 1170. The Morgan fingerprint density at radius 1 is 1.11 bits per heavy atom. The minimum absolute atomic E-state index is 0.00960. The maximum Gasteiger partial charge on any atom is 0.244 e. The van der Waals surface area contributed by atoms with Gasteiger partial charge in [0.05, 0.1) is 17.0 Å². The molecule has 0 aromatic heterocycles. The average Bonchev–Trinajstić information content (AvgIpc) is 3.29. The number of carbonyl (C=O) groups excluding carboxylic acids is 2. The van der Waals surface area contributed by atoms with E-state index in [4.69, 9.17) is 23.2 Å². The number of benzene rings is 2. The predicted octanol–water partition coefficient (Wildman–Crippen LogP) is 4.37. The Morgan fingerprint density at radius 3 is 2.31 bits per heavy atom. The number of carbonyl (C=O) groups is 2. The molecule has 1 fully saturated rings. The van der Waals surface area contributed by atoms with Crippen molar-refractivity contribution in [2.24, 2.45) is 0 Å². The number of hydrogen-bond donors (Lipinski definition) is 1. The molecule has 0 spiro atoms. The number of sulfonamides is 1. The van der Waals surface area contributed by atoms with E-state index < -0.39 is 34.3 Å². The van der Waals surface area contributed by atoms with Crippen LogP contribution in [-0.2, 0) is 26.2 Å². The fourth-order valence-corrected chi connectivity index (χ4v) is 5.46. The largest absolute Gasteiger partial charge is 0.352 e. The molecule has 1 saturated carbocycles. The highest BCUT2D eigenvalue weighted by molar-refractivity contribution is 7.92. The topological polar surface area (TPSA) is 86.8 Å². The molecular formula is C24H28Cl2FN3O4S. The van der Waals surface area contributed by atoms with Crippen LogP contribution in [0, 0.1) is 5.82 Å². The second-order valence-electron chi connectivity index (χ2n) is 8.68. The summed E-state index contributed by atoms with van der Waals surface area (Å²) >= 11 is 12.2. The van der Waals surface area contributed by atoms with Gasteiger partial charge in [-0.15, -0.1) is 0 Å². The molecule has 1 unspecified atom stereocenters. The zero-order valence-corrected chi connectivity index (χ0v) is 21.8. The van der Waals surface area contributed by atoms with Crippen molar-refractivity contribution in [3.05, 3.63) is 63.9 Å². The van der Waals surface area contributed by atoms with Crippen LogP contribution in [0.15, 0.2) is 42.5 Å². The molecule has 0 bridgehead atoms. The molecule has 7 nitrogen and oxygen atoms in total. The van der Waals surface area contributed by atoms with Crippen LogP contribution in [0.5, 0.6) is 0 Å². The summed E-state index contributed by atoms with van der Waals surface area (Å²) < 4.78 is 39.5. The second-order valence-corrected chi connectivity index (χ2v) is 11.4. The lowest BCUT2D eigenvalue weighted by Gasteiger charge is -2.32. The summed E-state index contributed by atoms with van der Waals surface area (Å²) in [4.78, 5) is 27.8. The summed E-state index contributed by atoms with van der Waals surface area (Å²) in [6.07, 6.45) is 4.78. The van der Waals surface area contributed by atoms with E-state index in [1.165, 1.54) is 47.4 Å². The van der Waals surface area contributed by atoms with Crippen molar-refractivity contribution < 1.29 is 22.4 Å². The van der Waals surface area contributed by atoms with E-state index in [9.17, 15) is 22.4 Å². The van der Waals surface area contributed by atoms with Crippen molar-refractivity contribution in [2.75, 3.05) is 17.1 Å². The number of anilines is 1. The quantitative estimate of drug-likeness (QED) is 0.508. The average molecular weight is 544 g/mol. The van der Waals surface area contributed by atoms with Gasteiger partial charge in [0.25, 0.3) is 0 Å². The van der Waals surface area contributed by atoms with Gasteiger partial charge in [0.1, 0.15) is 18.4 Å². The standard InChI is InChI=1S/C24H28Cl2FN3O4S/c1-16(24(32)28-20-5-3-4-6-20)29(14-17-7-10-19(27)11-8-17)23(31)15-30(35(2,33)34)22-12-9-18(25)13-21(22)26/h7-13,16,20H,3-6,14-15H2,1-2H3,(H,28,32). The molecule has 0 radical (unpaired) electrons. The SMILES string of the molecule is CC(C(=O)NC1CCCC1)N(Cc1ccc(F)cc1)C(=O)CN(c1ccc(Cl)cc1Cl)S(C)(=O)=O. The van der Waals surface area contributed by atoms with E-state index in [-0.39, 0.29) is 29.2 Å². The van der Waals surface area contributed by atoms with Crippen molar-refractivity contribution >= 4 is 50.7 Å². The van der Waals surface area contributed by atoms with Gasteiger partial charge >= 0.3 is 0 Å². The zero-order chi connectivity index (χ0) is 25.8. The number of halogens is 3. The van der Waals surface area contributed by atoms with Crippen LogP contribution in [-0.4, -0.2) is 50.0 Å². The molecule has 3 rings (SSSR count). The fraction of sp³-hybridized carbons (Fsp3) is 0.417. The molecule has 2 aromatic rings. The first-order chi connectivity index (χ1) is 16.5. The maximum atomic E-state index is 13.5. The van der Waals surface area contributed by atoms with Crippen molar-refractivity contribution in [1.29, 1.82) is 0 Å². The lowest BCUT2D eigenvalue weighted by atomic mass is 10.1. The summed E-state index contributed by atoms with van der Waals surface area (Å²) in [7, 11) is -3.92. The smallest absolute Gasteiger partial charge is 0.244 e. The Balaban J connectivity index is 1.89. The third-order valence-electron chi connectivity index (χ3n) is 5.99. The first-order valence-corrected chi connectivity index (χ1v) is 13.8. The highest BCUT2D eigenvalue weighted by atomic mass is 35.5. The summed E-state index contributed by atoms with van der Waals surface area (Å²) in [6.45, 7) is 0.999. The highest BCUT2D eigenvalue weighted by Gasteiger charge is 2.32. The van der Waals surface area contributed by atoms with Gasteiger partial charge in [0.15, 0.2) is 0 Å². The van der Waals surface area contributed by atoms with Gasteiger partial charge in [-0.05, 0) is 55.7 Å². The molecule has 0 heterocycles. The van der Waals surface area contributed by atoms with Crippen LogP contribution in [0.1, 0.15) is 38.2 Å². The van der Waals surface area contributed by atoms with Gasteiger partial charge in [0.2, 0.25) is 21.8 Å². The molecule has 2 aromatic carbocycles. The molecule has 1 aliphatic rings. The minimum Gasteiger partial charge on any atom is -0.352 e. The third kappa shape index (κ3) is 7.32. The van der Waals surface area contributed by atoms with E-state index in [1.54, 1.807) is 6.92 Å². The monoisotopic (exact) mass is 543 g/mol. The molecule has 1 atom stereocenters. The number of nitrogens with one attached hydrogen (secondary N) is 1. The normalized spacial score (nSPS) is 15.0. The molecule has 1 aliphatic carbocycles. The van der Waals surface area contributed by atoms with E-state index in [0.717, 1.165) is 36.2 Å². The van der Waals surface area contributed by atoms with E-state index in [1.807, 2.05) is 0 Å². The Hall–Kier alpha value is -2.36. The van der Waals surface area contributed by atoms with Gasteiger partial charge in [-0.2, -0.15) is 0 Å². The van der Waals surface area contributed by atoms with Crippen molar-refractivity contribution in [3.8, 4) is 0 Å². The van der Waals surface area contributed by atoms with Crippen LogP contribution in [0.4, 0.5) is 10.1 Å². The highest BCUT2D eigenvalue weighted by Crippen LogP contribution is 2.30. The number of amides is 2. The number of hydrogen-bond acceptors (Lipinski definition) is 4. The fourth-order valence-electron chi connectivity index (χ4n) is 4.04. The Labute approximate surface area is 215 Å². The molecule has 2 amide bonds. The van der Waals surface area contributed by atoms with Crippen LogP contribution in [0.3, 0.4) is 0 Å². The minimum atomic E-state index is -3.92. The van der Waals surface area contributed by atoms with E-state index >= 15 is 0 Å². The second kappa shape index (κ2) is 11.6. The number of nitrogens with zero attached hydrogens (tertiary/aromatic N) is 2. The molecule has 11 heteroatoms. The number of rotatable bonds is 9. The predicted molar refractivity (Wildman–Crippen MR) is 135 cm³/mol. The van der Waals surface area contributed by atoms with Crippen LogP contribution in [0.25, 0.3) is 0 Å². The van der Waals surface area contributed by atoms with Crippen molar-refractivity contribution in [3.63, 3.8) is 0 Å². The molecular weight excluding hydrogens is 516 g/mol. The molecule has 35 heavy (non-hydrogen) atoms. The first-order valence-electron chi connectivity index (χ1n) is 11.2. The molecule has 1 N–H and O–H groups in total. The van der Waals surface area contributed by atoms with Gasteiger partial charge < -0.3 is 10.2 Å². The van der Waals surface area contributed by atoms with Crippen LogP contribution >= 0.6 is 23.2 Å². The van der Waals surface area contributed by atoms with Gasteiger partial charge in [-0.1, -0.05) is 48.2 Å². The van der Waals surface area contributed by atoms with Crippen LogP contribution < -0.4 is 9.62 Å². The van der Waals surface area contributed by atoms with Gasteiger partial charge in [-0.25, -0.2) is 12.8 Å². The van der Waals surface area contributed by atoms with Gasteiger partial charge in [-0.3, -0.25) is 13.9 Å². The van der Waals surface area contributed by atoms with Crippen molar-refractivity contribution in [1.82, 2.24) is 10.2 Å². The van der Waals surface area contributed by atoms with Crippen molar-refractivity contribution in [2.45, 2.75) is 51.2 Å². The van der Waals surface area contributed by atoms with Crippen LogP contribution in [0.2, 0.25) is 10.0 Å². The summed E-state index contributed by atoms with van der Waals surface area (Å²) in [5.41, 5.74) is 0.687. The Morgan fingerprint density at radius 2 is 1.74 bits per heavy atom. The van der Waals surface area contributed by atoms with Gasteiger partial charge in [0, 0.05) is 17.6 Å². The van der Waals surface area contributed by atoms with E-state index in [0.29, 0.717) is 10.6 Å². The summed E-state index contributed by atoms with van der Waals surface area (Å²) in [5, 5.41) is 3.36. The zero-order valence-electron chi connectivity index (χ0n) is 19.5. The maximum absolute atomic E-state index is 13.5.